The molecule has 3 N–H and O–H groups in total. The summed E-state index contributed by atoms with van der Waals surface area (Å²) in [6.45, 7) is 3.27. The van der Waals surface area contributed by atoms with Gasteiger partial charge < -0.3 is 34.3 Å². The molecule has 0 spiro atoms. The van der Waals surface area contributed by atoms with Crippen molar-refractivity contribution in [3.63, 3.8) is 0 Å². The van der Waals surface area contributed by atoms with Crippen LogP contribution in [0.4, 0.5) is 13.2 Å². The number of amides is 1. The Morgan fingerprint density at radius 1 is 1.11 bits per heavy atom. The lowest BCUT2D eigenvalue weighted by Gasteiger charge is -2.25. The fourth-order valence-electron chi connectivity index (χ4n) is 3.33. The first-order valence-corrected chi connectivity index (χ1v) is 11.3. The van der Waals surface area contributed by atoms with Gasteiger partial charge in [-0.25, -0.2) is 0 Å². The summed E-state index contributed by atoms with van der Waals surface area (Å²) in [4.78, 5) is 12.6. The van der Waals surface area contributed by atoms with E-state index in [0.717, 1.165) is 30.7 Å². The summed E-state index contributed by atoms with van der Waals surface area (Å²) in [7, 11) is -0.373. The molecule has 0 aromatic heterocycles. The highest BCUT2D eigenvalue weighted by molar-refractivity contribution is 6.60. The molecule has 2 aromatic carbocycles. The predicted molar refractivity (Wildman–Crippen MR) is 128 cm³/mol. The lowest BCUT2D eigenvalue weighted by atomic mass is 9.75. The van der Waals surface area contributed by atoms with E-state index in [-0.39, 0.29) is 42.3 Å². The van der Waals surface area contributed by atoms with Crippen molar-refractivity contribution in [1.29, 1.82) is 5.26 Å². The van der Waals surface area contributed by atoms with Gasteiger partial charge in [0.15, 0.2) is 17.0 Å². The number of hydrogen-bond donors (Lipinski definition) is 3. The van der Waals surface area contributed by atoms with Gasteiger partial charge in [0.2, 0.25) is 0 Å². The first kappa shape index (κ1) is 29.8. The second kappa shape index (κ2) is 13.2. The number of alkyl halides is 3. The SMILES string of the molecule is CCCc1ccc(OCC(C)(C#N)NC(=O)c2ccc(OC(F)(F)F)cc2)c(OCCOC)c1B(O)O. The zero-order valence-electron chi connectivity index (χ0n) is 20.6. The highest BCUT2D eigenvalue weighted by Gasteiger charge is 2.32. The van der Waals surface area contributed by atoms with Crippen molar-refractivity contribution < 1.29 is 47.0 Å². The van der Waals surface area contributed by atoms with Crippen molar-refractivity contribution in [3.05, 3.63) is 47.5 Å². The number of hydrogen-bond acceptors (Lipinski definition) is 8. The normalized spacial score (nSPS) is 12.7. The maximum Gasteiger partial charge on any atom is 0.573 e. The van der Waals surface area contributed by atoms with Crippen LogP contribution in [-0.4, -0.2) is 61.9 Å². The van der Waals surface area contributed by atoms with E-state index in [2.05, 4.69) is 10.1 Å². The van der Waals surface area contributed by atoms with Gasteiger partial charge in [0.05, 0.1) is 12.7 Å². The van der Waals surface area contributed by atoms with E-state index in [1.807, 2.05) is 13.0 Å². The van der Waals surface area contributed by atoms with E-state index in [4.69, 9.17) is 14.2 Å². The summed E-state index contributed by atoms with van der Waals surface area (Å²) in [5.41, 5.74) is -0.803. The molecular weight excluding hydrogens is 496 g/mol. The molecule has 0 aliphatic rings. The van der Waals surface area contributed by atoms with Gasteiger partial charge in [0.1, 0.15) is 19.0 Å². The molecule has 2 aromatic rings. The third kappa shape index (κ3) is 8.85. The summed E-state index contributed by atoms with van der Waals surface area (Å²) in [6.07, 6.45) is -3.58. The molecule has 200 valence electrons. The largest absolute Gasteiger partial charge is 0.573 e. The molecule has 0 heterocycles. The molecule has 1 atom stereocenters. The van der Waals surface area contributed by atoms with E-state index < -0.39 is 30.7 Å². The maximum absolute atomic E-state index is 12.6. The molecule has 0 fully saturated rings. The number of aryl methyl sites for hydroxylation is 1. The Bertz CT molecular complexity index is 1090. The molecule has 1 unspecified atom stereocenters. The molecule has 0 bridgehead atoms. The van der Waals surface area contributed by atoms with Crippen LogP contribution in [0.3, 0.4) is 0 Å². The van der Waals surface area contributed by atoms with Crippen molar-refractivity contribution in [1.82, 2.24) is 5.32 Å². The fraction of sp³-hybridized carbons (Fsp3) is 0.417. The Labute approximate surface area is 212 Å². The minimum Gasteiger partial charge on any atom is -0.488 e. The second-order valence-electron chi connectivity index (χ2n) is 8.19. The third-order valence-corrected chi connectivity index (χ3v) is 5.06. The lowest BCUT2D eigenvalue weighted by molar-refractivity contribution is -0.274. The number of benzene rings is 2. The van der Waals surface area contributed by atoms with Crippen molar-refractivity contribution in [3.8, 4) is 23.3 Å². The van der Waals surface area contributed by atoms with Gasteiger partial charge in [-0.2, -0.15) is 5.26 Å². The number of halogens is 3. The Balaban J connectivity index is 2.22. The highest BCUT2D eigenvalue weighted by Crippen LogP contribution is 2.29. The first-order chi connectivity index (χ1) is 17.4. The highest BCUT2D eigenvalue weighted by atomic mass is 19.4. The zero-order valence-corrected chi connectivity index (χ0v) is 20.6. The molecule has 2 rings (SSSR count). The number of rotatable bonds is 13. The van der Waals surface area contributed by atoms with Crippen molar-refractivity contribution in [2.45, 2.75) is 38.6 Å². The average molecular weight is 524 g/mol. The van der Waals surface area contributed by atoms with Gasteiger partial charge in [0, 0.05) is 18.1 Å². The quantitative estimate of drug-likeness (QED) is 0.269. The van der Waals surface area contributed by atoms with Crippen LogP contribution in [0.2, 0.25) is 0 Å². The Morgan fingerprint density at radius 3 is 2.32 bits per heavy atom. The number of carbonyl (C=O) groups excluding carboxylic acids is 1. The maximum atomic E-state index is 12.6. The van der Waals surface area contributed by atoms with Crippen LogP contribution in [0.5, 0.6) is 17.2 Å². The summed E-state index contributed by atoms with van der Waals surface area (Å²) in [6, 6.07) is 9.37. The number of nitrogens with zero attached hydrogens (tertiary/aromatic N) is 1. The summed E-state index contributed by atoms with van der Waals surface area (Å²) in [5.74, 6) is -1.04. The molecule has 0 aliphatic heterocycles. The molecule has 0 radical (unpaired) electrons. The third-order valence-electron chi connectivity index (χ3n) is 5.06. The van der Waals surface area contributed by atoms with Crippen LogP contribution in [0.15, 0.2) is 36.4 Å². The number of nitrogens with one attached hydrogen (secondary N) is 1. The van der Waals surface area contributed by atoms with Crippen LogP contribution in [0.1, 0.15) is 36.2 Å². The molecule has 1 amide bonds. The minimum absolute atomic E-state index is 0.00537. The van der Waals surface area contributed by atoms with E-state index in [1.165, 1.54) is 14.0 Å². The first-order valence-electron chi connectivity index (χ1n) is 11.3. The van der Waals surface area contributed by atoms with Gasteiger partial charge in [-0.05, 0) is 49.2 Å². The van der Waals surface area contributed by atoms with Crippen LogP contribution >= 0.6 is 0 Å². The van der Waals surface area contributed by atoms with E-state index in [0.29, 0.717) is 12.0 Å². The van der Waals surface area contributed by atoms with Gasteiger partial charge in [0.25, 0.3) is 5.91 Å². The van der Waals surface area contributed by atoms with Crippen molar-refractivity contribution in [2.75, 3.05) is 26.9 Å². The Hall–Kier alpha value is -3.47. The Morgan fingerprint density at radius 2 is 1.78 bits per heavy atom. The fourth-order valence-corrected chi connectivity index (χ4v) is 3.33. The molecule has 0 saturated heterocycles. The van der Waals surface area contributed by atoms with Gasteiger partial charge >= 0.3 is 13.5 Å². The molecule has 0 saturated carbocycles. The van der Waals surface area contributed by atoms with Crippen LogP contribution in [0, 0.1) is 11.3 Å². The monoisotopic (exact) mass is 524 g/mol. The molecule has 9 nitrogen and oxygen atoms in total. The van der Waals surface area contributed by atoms with E-state index in [1.54, 1.807) is 12.1 Å². The Kier molecular flexibility index (Phi) is 10.6. The molecule has 0 aliphatic carbocycles. The molecular formula is C24H28BF3N2O7. The topological polar surface area (TPSA) is 130 Å². The lowest BCUT2D eigenvalue weighted by Crippen LogP contribution is -2.49. The van der Waals surface area contributed by atoms with Gasteiger partial charge in [-0.3, -0.25) is 4.79 Å². The van der Waals surface area contributed by atoms with E-state index >= 15 is 0 Å². The van der Waals surface area contributed by atoms with Gasteiger partial charge in [-0.15, -0.1) is 13.2 Å². The van der Waals surface area contributed by atoms with Crippen LogP contribution in [-0.2, 0) is 11.2 Å². The predicted octanol–water partition coefficient (Wildman–Crippen LogP) is 2.33. The summed E-state index contributed by atoms with van der Waals surface area (Å²) in [5, 5.41) is 32.2. The zero-order chi connectivity index (χ0) is 27.6. The molecule has 37 heavy (non-hydrogen) atoms. The summed E-state index contributed by atoms with van der Waals surface area (Å²) < 4.78 is 57.3. The van der Waals surface area contributed by atoms with Crippen molar-refractivity contribution in [2.24, 2.45) is 0 Å². The second-order valence-corrected chi connectivity index (χ2v) is 8.19. The number of methoxy groups -OCH3 is 1. The number of ether oxygens (including phenoxy) is 4. The molecule has 13 heteroatoms. The number of nitriles is 1. The average Bonchev–Trinajstić information content (AvgIpc) is 2.83. The standard InChI is InChI=1S/C24H28BF3N2O7/c1-4-5-16-8-11-19(21(20(16)25(32)33)35-13-12-34-3)36-15-23(2,14-29)30-22(31)17-6-9-18(10-7-17)37-24(26,27)28/h6-11,32-33H,4-5,12-13,15H2,1-3H3,(H,30,31). The minimum atomic E-state index is -4.87. The summed E-state index contributed by atoms with van der Waals surface area (Å²) >= 11 is 0. The van der Waals surface area contributed by atoms with Crippen LogP contribution in [0.25, 0.3) is 0 Å². The van der Waals surface area contributed by atoms with Crippen LogP contribution < -0.4 is 25.0 Å². The smallest absolute Gasteiger partial charge is 0.488 e. The van der Waals surface area contributed by atoms with E-state index in [9.17, 15) is 33.3 Å². The van der Waals surface area contributed by atoms with Gasteiger partial charge in [-0.1, -0.05) is 19.4 Å². The van der Waals surface area contributed by atoms with Crippen molar-refractivity contribution >= 4 is 18.5 Å². The number of carbonyl (C=O) groups is 1.